The number of hydrogen-bond donors (Lipinski definition) is 1. The van der Waals surface area contributed by atoms with Crippen LogP contribution in [0.5, 0.6) is 5.75 Å². The molecule has 0 aromatic heterocycles. The fourth-order valence-corrected chi connectivity index (χ4v) is 2.55. The number of carbonyl (C=O) groups is 1. The normalized spacial score (nSPS) is 10.5. The van der Waals surface area contributed by atoms with E-state index in [-0.39, 0.29) is 5.91 Å². The maximum atomic E-state index is 12.5. The van der Waals surface area contributed by atoms with Crippen molar-refractivity contribution in [3.63, 3.8) is 0 Å². The van der Waals surface area contributed by atoms with Crippen molar-refractivity contribution in [1.82, 2.24) is 0 Å². The summed E-state index contributed by atoms with van der Waals surface area (Å²) in [5.41, 5.74) is 1.16. The van der Waals surface area contributed by atoms with E-state index in [1.165, 1.54) is 7.11 Å². The molecule has 4 heteroatoms. The van der Waals surface area contributed by atoms with Crippen LogP contribution in [0.15, 0.2) is 60.7 Å². The summed E-state index contributed by atoms with van der Waals surface area (Å²) in [5.74, 6) is 0.234. The number of nitrogens with one attached hydrogen (secondary N) is 1. The predicted octanol–water partition coefficient (Wildman–Crippen LogP) is 4.75. The lowest BCUT2D eigenvalue weighted by molar-refractivity contribution is 0.102. The number of halogens is 1. The molecule has 3 rings (SSSR count). The van der Waals surface area contributed by atoms with Crippen molar-refractivity contribution in [2.75, 3.05) is 12.4 Å². The second kappa shape index (κ2) is 6.08. The quantitative estimate of drug-likeness (QED) is 0.757. The fourth-order valence-electron chi connectivity index (χ4n) is 2.38. The van der Waals surface area contributed by atoms with Gasteiger partial charge in [-0.25, -0.2) is 0 Å². The van der Waals surface area contributed by atoms with Crippen LogP contribution in [-0.4, -0.2) is 13.0 Å². The number of methoxy groups -OCH3 is 1. The minimum absolute atomic E-state index is 0.254. The number of hydrogen-bond acceptors (Lipinski definition) is 2. The Hall–Kier alpha value is -2.52. The molecule has 22 heavy (non-hydrogen) atoms. The van der Waals surface area contributed by atoms with Crippen LogP contribution in [-0.2, 0) is 0 Å². The molecule has 0 aliphatic rings. The molecule has 0 fully saturated rings. The number of ether oxygens (including phenoxy) is 1. The number of amides is 1. The molecule has 0 bridgehead atoms. The predicted molar refractivity (Wildman–Crippen MR) is 89.9 cm³/mol. The molecule has 3 aromatic carbocycles. The van der Waals surface area contributed by atoms with Crippen molar-refractivity contribution < 1.29 is 9.53 Å². The van der Waals surface area contributed by atoms with E-state index in [1.54, 1.807) is 18.2 Å². The molecular formula is C18H14ClNO2. The zero-order valence-corrected chi connectivity index (χ0v) is 12.7. The monoisotopic (exact) mass is 311 g/mol. The third kappa shape index (κ3) is 2.76. The third-order valence-corrected chi connectivity index (χ3v) is 3.68. The maximum absolute atomic E-state index is 12.5. The first kappa shape index (κ1) is 14.4. The Balaban J connectivity index is 1.99. The number of carbonyl (C=O) groups excluding carboxylic acids is 1. The lowest BCUT2D eigenvalue weighted by Gasteiger charge is -2.11. The fraction of sp³-hybridized carbons (Fsp3) is 0.0556. The smallest absolute Gasteiger partial charge is 0.259 e. The van der Waals surface area contributed by atoms with E-state index in [1.807, 2.05) is 42.5 Å². The molecular weight excluding hydrogens is 298 g/mol. The Kier molecular flexibility index (Phi) is 3.98. The second-order valence-electron chi connectivity index (χ2n) is 4.83. The van der Waals surface area contributed by atoms with Gasteiger partial charge in [0.25, 0.3) is 5.91 Å². The van der Waals surface area contributed by atoms with Crippen molar-refractivity contribution in [3.05, 3.63) is 71.2 Å². The van der Waals surface area contributed by atoms with Gasteiger partial charge < -0.3 is 10.1 Å². The average molecular weight is 312 g/mol. The molecule has 0 radical (unpaired) electrons. The van der Waals surface area contributed by atoms with Crippen molar-refractivity contribution in [1.29, 1.82) is 0 Å². The summed E-state index contributed by atoms with van der Waals surface area (Å²) < 4.78 is 5.23. The van der Waals surface area contributed by atoms with Crippen LogP contribution in [0.25, 0.3) is 10.8 Å². The van der Waals surface area contributed by atoms with Gasteiger partial charge in [-0.05, 0) is 29.7 Å². The van der Waals surface area contributed by atoms with E-state index < -0.39 is 0 Å². The van der Waals surface area contributed by atoms with Gasteiger partial charge in [0.15, 0.2) is 0 Å². The summed E-state index contributed by atoms with van der Waals surface area (Å²) in [5, 5.41) is 5.47. The summed E-state index contributed by atoms with van der Waals surface area (Å²) >= 11 is 5.98. The minimum Gasteiger partial charge on any atom is -0.496 e. The van der Waals surface area contributed by atoms with Gasteiger partial charge in [-0.3, -0.25) is 4.79 Å². The Bertz CT molecular complexity index is 840. The number of fused-ring (bicyclic) bond motifs is 1. The Labute approximate surface area is 133 Å². The van der Waals surface area contributed by atoms with Crippen LogP contribution in [0.3, 0.4) is 0 Å². The first-order valence-electron chi connectivity index (χ1n) is 6.81. The first-order chi connectivity index (χ1) is 10.7. The topological polar surface area (TPSA) is 38.3 Å². The molecule has 0 spiro atoms. The van der Waals surface area contributed by atoms with Crippen LogP contribution in [0.2, 0.25) is 5.02 Å². The zero-order chi connectivity index (χ0) is 15.5. The summed E-state index contributed by atoms with van der Waals surface area (Å²) in [6.45, 7) is 0. The highest BCUT2D eigenvalue weighted by atomic mass is 35.5. The van der Waals surface area contributed by atoms with Crippen LogP contribution >= 0.6 is 11.6 Å². The molecule has 3 nitrogen and oxygen atoms in total. The van der Waals surface area contributed by atoms with Crippen molar-refractivity contribution >= 4 is 34.0 Å². The van der Waals surface area contributed by atoms with Gasteiger partial charge in [-0.1, -0.05) is 48.0 Å². The first-order valence-corrected chi connectivity index (χ1v) is 7.19. The Morgan fingerprint density at radius 2 is 1.82 bits per heavy atom. The maximum Gasteiger partial charge on any atom is 0.259 e. The summed E-state index contributed by atoms with van der Waals surface area (Å²) in [7, 11) is 1.53. The van der Waals surface area contributed by atoms with E-state index in [4.69, 9.17) is 16.3 Å². The highest BCUT2D eigenvalue weighted by Gasteiger charge is 2.14. The van der Waals surface area contributed by atoms with Crippen LogP contribution < -0.4 is 10.1 Å². The number of rotatable bonds is 3. The van der Waals surface area contributed by atoms with Gasteiger partial charge >= 0.3 is 0 Å². The molecule has 3 aromatic rings. The minimum atomic E-state index is -0.254. The largest absolute Gasteiger partial charge is 0.496 e. The summed E-state index contributed by atoms with van der Waals surface area (Å²) in [6.07, 6.45) is 0. The molecule has 1 N–H and O–H groups in total. The zero-order valence-electron chi connectivity index (χ0n) is 12.0. The van der Waals surface area contributed by atoms with Crippen LogP contribution in [0.4, 0.5) is 5.69 Å². The molecule has 0 aliphatic heterocycles. The summed E-state index contributed by atoms with van der Waals surface area (Å²) in [4.78, 5) is 12.5. The number of benzene rings is 3. The van der Waals surface area contributed by atoms with Gasteiger partial charge in [0.1, 0.15) is 5.75 Å². The van der Waals surface area contributed by atoms with Crippen molar-refractivity contribution in [3.8, 4) is 5.75 Å². The van der Waals surface area contributed by atoms with Crippen LogP contribution in [0, 0.1) is 0 Å². The lowest BCUT2D eigenvalue weighted by Crippen LogP contribution is -2.13. The van der Waals surface area contributed by atoms with Gasteiger partial charge in [0.2, 0.25) is 0 Å². The second-order valence-corrected chi connectivity index (χ2v) is 5.26. The van der Waals surface area contributed by atoms with E-state index in [0.717, 1.165) is 16.5 Å². The van der Waals surface area contributed by atoms with Gasteiger partial charge in [0.05, 0.1) is 12.7 Å². The van der Waals surface area contributed by atoms with Crippen molar-refractivity contribution in [2.24, 2.45) is 0 Å². The molecule has 1 amide bonds. The molecule has 0 heterocycles. The van der Waals surface area contributed by atoms with Gasteiger partial charge in [-0.2, -0.15) is 0 Å². The molecule has 110 valence electrons. The van der Waals surface area contributed by atoms with E-state index >= 15 is 0 Å². The SMILES string of the molecule is COc1ccc(Cl)cc1C(=O)Nc1cccc2ccccc12. The van der Waals surface area contributed by atoms with E-state index in [9.17, 15) is 4.79 Å². The number of anilines is 1. The molecule has 0 atom stereocenters. The van der Waals surface area contributed by atoms with E-state index in [0.29, 0.717) is 16.3 Å². The molecule has 0 unspecified atom stereocenters. The van der Waals surface area contributed by atoms with Crippen molar-refractivity contribution in [2.45, 2.75) is 0 Å². The Morgan fingerprint density at radius 3 is 2.64 bits per heavy atom. The lowest BCUT2D eigenvalue weighted by atomic mass is 10.1. The standard InChI is InChI=1S/C18H14ClNO2/c1-22-17-10-9-13(19)11-15(17)18(21)20-16-8-4-6-12-5-2-3-7-14(12)16/h2-11H,1H3,(H,20,21). The molecule has 0 saturated carbocycles. The highest BCUT2D eigenvalue weighted by Crippen LogP contribution is 2.26. The molecule has 0 saturated heterocycles. The third-order valence-electron chi connectivity index (χ3n) is 3.44. The van der Waals surface area contributed by atoms with E-state index in [2.05, 4.69) is 5.32 Å². The highest BCUT2D eigenvalue weighted by molar-refractivity contribution is 6.31. The molecule has 0 aliphatic carbocycles. The van der Waals surface area contributed by atoms with Crippen LogP contribution in [0.1, 0.15) is 10.4 Å². The van der Waals surface area contributed by atoms with Gasteiger partial charge in [-0.15, -0.1) is 0 Å². The Morgan fingerprint density at radius 1 is 1.05 bits per heavy atom. The van der Waals surface area contributed by atoms with Gasteiger partial charge in [0, 0.05) is 16.1 Å². The average Bonchev–Trinajstić information content (AvgIpc) is 2.55. The summed E-state index contributed by atoms with van der Waals surface area (Å²) in [6, 6.07) is 18.6.